The molecule has 0 spiro atoms. The fourth-order valence-corrected chi connectivity index (χ4v) is 3.86. The van der Waals surface area contributed by atoms with E-state index in [4.69, 9.17) is 5.73 Å². The van der Waals surface area contributed by atoms with Gasteiger partial charge in [-0.1, -0.05) is 17.8 Å². The zero-order valence-corrected chi connectivity index (χ0v) is 14.5. The quantitative estimate of drug-likeness (QED) is 0.589. The Morgan fingerprint density at radius 1 is 1.33 bits per heavy atom. The molecular formula is C16H23N5O2S. The number of carbonyl (C=O) groups excluding carboxylic acids is 2. The Labute approximate surface area is 145 Å². The summed E-state index contributed by atoms with van der Waals surface area (Å²) in [5.41, 5.74) is 5.37. The average Bonchev–Trinajstić information content (AvgIpc) is 3.35. The fourth-order valence-electron chi connectivity index (χ4n) is 3.00. The number of likely N-dealkylation sites (tertiary alicyclic amines) is 1. The van der Waals surface area contributed by atoms with Gasteiger partial charge >= 0.3 is 0 Å². The molecule has 0 radical (unpaired) electrons. The Hall–Kier alpha value is -1.83. The molecule has 130 valence electrons. The van der Waals surface area contributed by atoms with Crippen LogP contribution in [0.3, 0.4) is 0 Å². The molecule has 2 amide bonds. The zero-order chi connectivity index (χ0) is 17.1. The summed E-state index contributed by atoms with van der Waals surface area (Å²) in [6.45, 7) is 5.56. The predicted octanol–water partition coefficient (Wildman–Crippen LogP) is 1.16. The first-order valence-electron chi connectivity index (χ1n) is 8.34. The molecule has 1 saturated heterocycles. The van der Waals surface area contributed by atoms with Gasteiger partial charge in [-0.25, -0.2) is 0 Å². The van der Waals surface area contributed by atoms with Crippen LogP contribution < -0.4 is 5.73 Å². The highest BCUT2D eigenvalue weighted by Crippen LogP contribution is 2.40. The van der Waals surface area contributed by atoms with Gasteiger partial charge in [0.1, 0.15) is 5.82 Å². The Morgan fingerprint density at radius 3 is 2.79 bits per heavy atom. The van der Waals surface area contributed by atoms with Gasteiger partial charge in [-0.05, 0) is 25.7 Å². The lowest BCUT2D eigenvalue weighted by Gasteiger charge is -2.31. The van der Waals surface area contributed by atoms with Crippen LogP contribution in [0, 0.1) is 5.92 Å². The predicted molar refractivity (Wildman–Crippen MR) is 91.4 cm³/mol. The van der Waals surface area contributed by atoms with E-state index >= 15 is 0 Å². The van der Waals surface area contributed by atoms with Crippen molar-refractivity contribution in [3.8, 4) is 0 Å². The van der Waals surface area contributed by atoms with Crippen LogP contribution in [0.4, 0.5) is 0 Å². The molecule has 1 unspecified atom stereocenters. The van der Waals surface area contributed by atoms with E-state index in [2.05, 4.69) is 16.8 Å². The maximum absolute atomic E-state index is 12.4. The number of rotatable bonds is 7. The number of piperidine rings is 1. The molecule has 0 aromatic carbocycles. The Kier molecular flexibility index (Phi) is 5.23. The van der Waals surface area contributed by atoms with E-state index in [0.717, 1.165) is 36.7 Å². The van der Waals surface area contributed by atoms with Gasteiger partial charge < -0.3 is 15.2 Å². The lowest BCUT2D eigenvalue weighted by Crippen LogP contribution is -2.44. The molecule has 8 heteroatoms. The van der Waals surface area contributed by atoms with E-state index < -0.39 is 0 Å². The van der Waals surface area contributed by atoms with Crippen molar-refractivity contribution < 1.29 is 9.59 Å². The van der Waals surface area contributed by atoms with Crippen LogP contribution in [0.25, 0.3) is 0 Å². The summed E-state index contributed by atoms with van der Waals surface area (Å²) in [7, 11) is 0. The van der Waals surface area contributed by atoms with E-state index in [0.29, 0.717) is 31.3 Å². The van der Waals surface area contributed by atoms with Crippen LogP contribution in [0.2, 0.25) is 0 Å². The summed E-state index contributed by atoms with van der Waals surface area (Å²) in [5.74, 6) is 1.27. The second-order valence-electron chi connectivity index (χ2n) is 6.38. The topological polar surface area (TPSA) is 94.1 Å². The monoisotopic (exact) mass is 349 g/mol. The number of primary amides is 1. The number of carbonyl (C=O) groups is 2. The molecular weight excluding hydrogens is 326 g/mol. The van der Waals surface area contributed by atoms with Crippen molar-refractivity contribution in [3.05, 3.63) is 18.5 Å². The molecule has 0 bridgehead atoms. The highest BCUT2D eigenvalue weighted by molar-refractivity contribution is 7.99. The molecule has 2 aliphatic rings. The van der Waals surface area contributed by atoms with Crippen LogP contribution in [0.15, 0.2) is 17.8 Å². The summed E-state index contributed by atoms with van der Waals surface area (Å²) < 4.78 is 2.05. The second-order valence-corrected chi connectivity index (χ2v) is 7.33. The molecule has 1 aromatic heterocycles. The van der Waals surface area contributed by atoms with Gasteiger partial charge in [0.05, 0.1) is 11.7 Å². The first kappa shape index (κ1) is 17.0. The highest BCUT2D eigenvalue weighted by Gasteiger charge is 2.31. The third-order valence-electron chi connectivity index (χ3n) is 4.50. The number of hydrogen-bond donors (Lipinski definition) is 1. The summed E-state index contributed by atoms with van der Waals surface area (Å²) >= 11 is 1.40. The molecule has 1 aromatic rings. The van der Waals surface area contributed by atoms with E-state index in [-0.39, 0.29) is 17.7 Å². The fraction of sp³-hybridized carbons (Fsp3) is 0.625. The molecule has 2 fully saturated rings. The molecule has 1 saturated carbocycles. The van der Waals surface area contributed by atoms with E-state index in [1.807, 2.05) is 10.6 Å². The third-order valence-corrected chi connectivity index (χ3v) is 5.45. The van der Waals surface area contributed by atoms with Crippen LogP contribution in [-0.4, -0.2) is 50.3 Å². The van der Waals surface area contributed by atoms with E-state index in [1.54, 1.807) is 4.90 Å². The summed E-state index contributed by atoms with van der Waals surface area (Å²) in [6, 6.07) is 0. The van der Waals surface area contributed by atoms with Crippen molar-refractivity contribution in [3.63, 3.8) is 0 Å². The van der Waals surface area contributed by atoms with Crippen molar-refractivity contribution >= 4 is 23.6 Å². The Bertz CT molecular complexity index is 640. The minimum Gasteiger partial charge on any atom is -0.369 e. The summed E-state index contributed by atoms with van der Waals surface area (Å²) in [5, 5.41) is 9.28. The van der Waals surface area contributed by atoms with Gasteiger partial charge in [0, 0.05) is 25.6 Å². The van der Waals surface area contributed by atoms with Gasteiger partial charge in [-0.3, -0.25) is 9.59 Å². The number of amides is 2. The van der Waals surface area contributed by atoms with Crippen LogP contribution in [0.1, 0.15) is 37.4 Å². The lowest BCUT2D eigenvalue weighted by atomic mass is 9.97. The normalized spacial score (nSPS) is 20.8. The van der Waals surface area contributed by atoms with Gasteiger partial charge in [-0.2, -0.15) is 0 Å². The maximum Gasteiger partial charge on any atom is 0.233 e. The van der Waals surface area contributed by atoms with Crippen molar-refractivity contribution in [2.24, 2.45) is 11.7 Å². The first-order chi connectivity index (χ1) is 11.6. The number of nitrogens with zero attached hydrogens (tertiary/aromatic N) is 4. The molecule has 1 atom stereocenters. The Morgan fingerprint density at radius 2 is 2.12 bits per heavy atom. The van der Waals surface area contributed by atoms with E-state index in [1.165, 1.54) is 11.8 Å². The lowest BCUT2D eigenvalue weighted by molar-refractivity contribution is -0.132. The summed E-state index contributed by atoms with van der Waals surface area (Å²) in [4.78, 5) is 25.5. The zero-order valence-electron chi connectivity index (χ0n) is 13.7. The molecule has 2 N–H and O–H groups in total. The van der Waals surface area contributed by atoms with Gasteiger partial charge in [0.25, 0.3) is 0 Å². The highest BCUT2D eigenvalue weighted by atomic mass is 32.2. The SMILES string of the molecule is C=CCn1c(SCC(=O)N2CCCC(C(N)=O)C2)nnc1C1CC1. The van der Waals surface area contributed by atoms with Crippen LogP contribution in [-0.2, 0) is 16.1 Å². The number of aromatic nitrogens is 3. The van der Waals surface area contributed by atoms with E-state index in [9.17, 15) is 9.59 Å². The number of thioether (sulfide) groups is 1. The molecule has 7 nitrogen and oxygen atoms in total. The van der Waals surface area contributed by atoms with Crippen LogP contribution >= 0.6 is 11.8 Å². The van der Waals surface area contributed by atoms with Gasteiger partial charge in [0.2, 0.25) is 11.8 Å². The Balaban J connectivity index is 1.60. The minimum absolute atomic E-state index is 0.0204. The maximum atomic E-state index is 12.4. The third kappa shape index (κ3) is 3.80. The number of nitrogens with two attached hydrogens (primary N) is 1. The average molecular weight is 349 g/mol. The molecule has 2 heterocycles. The molecule has 24 heavy (non-hydrogen) atoms. The smallest absolute Gasteiger partial charge is 0.233 e. The van der Waals surface area contributed by atoms with Crippen molar-refractivity contribution in [1.82, 2.24) is 19.7 Å². The van der Waals surface area contributed by atoms with Crippen molar-refractivity contribution in [2.75, 3.05) is 18.8 Å². The first-order valence-corrected chi connectivity index (χ1v) is 9.32. The number of hydrogen-bond acceptors (Lipinski definition) is 5. The minimum atomic E-state index is -0.319. The second kappa shape index (κ2) is 7.38. The standard InChI is InChI=1S/C16H23N5O2S/c1-2-7-21-15(11-5-6-11)18-19-16(21)24-10-13(22)20-8-3-4-12(9-20)14(17)23/h2,11-12H,1,3-10H2,(H2,17,23). The van der Waals surface area contributed by atoms with Crippen LogP contribution in [0.5, 0.6) is 0 Å². The van der Waals surface area contributed by atoms with Crippen molar-refractivity contribution in [1.29, 1.82) is 0 Å². The summed E-state index contributed by atoms with van der Waals surface area (Å²) in [6.07, 6.45) is 5.72. The number of allylic oxidation sites excluding steroid dienone is 1. The molecule has 3 rings (SSSR count). The molecule has 1 aliphatic carbocycles. The van der Waals surface area contributed by atoms with Gasteiger partial charge in [0.15, 0.2) is 5.16 Å². The molecule has 1 aliphatic heterocycles. The van der Waals surface area contributed by atoms with Gasteiger partial charge in [-0.15, -0.1) is 16.8 Å². The largest absolute Gasteiger partial charge is 0.369 e. The van der Waals surface area contributed by atoms with Crippen molar-refractivity contribution in [2.45, 2.75) is 43.3 Å².